The van der Waals surface area contributed by atoms with Crippen LogP contribution in [-0.4, -0.2) is 33.0 Å². The molecule has 0 saturated carbocycles. The van der Waals surface area contributed by atoms with Crippen molar-refractivity contribution in [1.82, 2.24) is 20.1 Å². The Morgan fingerprint density at radius 3 is 2.64 bits per heavy atom. The molecule has 1 aromatic carbocycles. The smallest absolute Gasteiger partial charge is 0.227 e. The van der Waals surface area contributed by atoms with E-state index >= 15 is 0 Å². The summed E-state index contributed by atoms with van der Waals surface area (Å²) in [6, 6.07) is 4.52. The number of aromatic amines is 2. The zero-order valence-corrected chi connectivity index (χ0v) is 15.2. The zero-order valence-electron chi connectivity index (χ0n) is 15.2. The molecular weight excluding hydrogens is 319 g/mol. The summed E-state index contributed by atoms with van der Waals surface area (Å²) in [7, 11) is 1.80. The average molecular weight is 342 g/mol. The number of halogens is 1. The van der Waals surface area contributed by atoms with Crippen molar-refractivity contribution in [2.75, 3.05) is 7.05 Å². The van der Waals surface area contributed by atoms with Crippen molar-refractivity contribution in [1.29, 1.82) is 0 Å². The molecule has 2 aromatic heterocycles. The number of aryl methyl sites for hydroxylation is 3. The van der Waals surface area contributed by atoms with E-state index in [1.54, 1.807) is 18.0 Å². The van der Waals surface area contributed by atoms with Crippen LogP contribution < -0.4 is 0 Å². The second kappa shape index (κ2) is 6.35. The molecule has 3 aromatic rings. The van der Waals surface area contributed by atoms with Crippen molar-refractivity contribution in [2.24, 2.45) is 0 Å². The minimum absolute atomic E-state index is 0.0132. The normalized spacial score (nSPS) is 12.6. The molecule has 0 aliphatic carbocycles. The van der Waals surface area contributed by atoms with Gasteiger partial charge in [-0.1, -0.05) is 0 Å². The van der Waals surface area contributed by atoms with Crippen LogP contribution in [-0.2, 0) is 11.2 Å². The van der Waals surface area contributed by atoms with Crippen molar-refractivity contribution < 1.29 is 9.18 Å². The van der Waals surface area contributed by atoms with Crippen LogP contribution in [0.15, 0.2) is 18.2 Å². The van der Waals surface area contributed by atoms with Gasteiger partial charge < -0.3 is 9.88 Å². The third-order valence-electron chi connectivity index (χ3n) is 4.99. The fourth-order valence-corrected chi connectivity index (χ4v) is 3.44. The van der Waals surface area contributed by atoms with Crippen molar-refractivity contribution in [2.45, 2.75) is 40.2 Å². The van der Waals surface area contributed by atoms with Crippen LogP contribution in [0.1, 0.15) is 41.2 Å². The molecule has 0 saturated heterocycles. The number of rotatable bonds is 4. The average Bonchev–Trinajstić information content (AvgIpc) is 3.06. The maximum absolute atomic E-state index is 13.6. The number of benzene rings is 1. The van der Waals surface area contributed by atoms with Crippen molar-refractivity contribution in [3.05, 3.63) is 52.2 Å². The van der Waals surface area contributed by atoms with Crippen molar-refractivity contribution >= 4 is 16.8 Å². The quantitative estimate of drug-likeness (QED) is 0.759. The molecular formula is C19H23FN4O. The van der Waals surface area contributed by atoms with Gasteiger partial charge in [0.2, 0.25) is 5.91 Å². The Morgan fingerprint density at radius 2 is 2.00 bits per heavy atom. The van der Waals surface area contributed by atoms with E-state index in [0.29, 0.717) is 0 Å². The molecule has 6 heteroatoms. The minimum Gasteiger partial charge on any atom is -0.358 e. The summed E-state index contributed by atoms with van der Waals surface area (Å²) < 4.78 is 13.6. The molecule has 0 fully saturated rings. The third-order valence-corrected chi connectivity index (χ3v) is 4.99. The van der Waals surface area contributed by atoms with Gasteiger partial charge in [-0.15, -0.1) is 0 Å². The third kappa shape index (κ3) is 3.04. The van der Waals surface area contributed by atoms with Gasteiger partial charge >= 0.3 is 0 Å². The Hall–Kier alpha value is -2.63. The maximum Gasteiger partial charge on any atom is 0.227 e. The lowest BCUT2D eigenvalue weighted by molar-refractivity contribution is -0.131. The number of likely N-dealkylation sites (N-methyl/N-ethyl adjacent to an activating group) is 1. The first-order valence-electron chi connectivity index (χ1n) is 8.33. The van der Waals surface area contributed by atoms with E-state index in [1.807, 2.05) is 27.7 Å². The molecule has 132 valence electrons. The highest BCUT2D eigenvalue weighted by Crippen LogP contribution is 2.27. The summed E-state index contributed by atoms with van der Waals surface area (Å²) in [6.07, 6.45) is 0.228. The number of aromatic nitrogens is 3. The van der Waals surface area contributed by atoms with Crippen molar-refractivity contribution in [3.8, 4) is 0 Å². The molecule has 0 unspecified atom stereocenters. The summed E-state index contributed by atoms with van der Waals surface area (Å²) in [4.78, 5) is 17.8. The van der Waals surface area contributed by atoms with Gasteiger partial charge in [0, 0.05) is 34.9 Å². The highest BCUT2D eigenvalue weighted by Gasteiger charge is 2.23. The van der Waals surface area contributed by atoms with Gasteiger partial charge in [-0.3, -0.25) is 9.89 Å². The molecule has 0 aliphatic heterocycles. The summed E-state index contributed by atoms with van der Waals surface area (Å²) in [6.45, 7) is 7.79. The predicted molar refractivity (Wildman–Crippen MR) is 95.9 cm³/mol. The monoisotopic (exact) mass is 342 g/mol. The van der Waals surface area contributed by atoms with Gasteiger partial charge in [-0.05, 0) is 51.5 Å². The Labute approximate surface area is 146 Å². The highest BCUT2D eigenvalue weighted by molar-refractivity contribution is 5.90. The highest BCUT2D eigenvalue weighted by atomic mass is 19.1. The lowest BCUT2D eigenvalue weighted by Gasteiger charge is -2.25. The van der Waals surface area contributed by atoms with Crippen LogP contribution in [0, 0.1) is 26.6 Å². The van der Waals surface area contributed by atoms with Gasteiger partial charge in [0.1, 0.15) is 5.82 Å². The van der Waals surface area contributed by atoms with Gasteiger partial charge in [-0.2, -0.15) is 5.10 Å². The molecule has 1 amide bonds. The second-order valence-electron chi connectivity index (χ2n) is 6.62. The number of nitrogens with one attached hydrogen (secondary N) is 2. The first-order valence-corrected chi connectivity index (χ1v) is 8.33. The van der Waals surface area contributed by atoms with E-state index in [9.17, 15) is 9.18 Å². The molecule has 1 atom stereocenters. The standard InChI is InChI=1S/C19H23FN4O/c1-10-15(16-8-14(20)6-7-17(16)21-10)9-18(25)24(5)13(4)19-11(2)22-23-12(19)3/h6-8,13,21H,9H2,1-5H3,(H,22,23)/t13-/m0/s1. The fourth-order valence-electron chi connectivity index (χ4n) is 3.44. The first kappa shape index (κ1) is 17.2. The van der Waals surface area contributed by atoms with E-state index in [0.717, 1.165) is 39.1 Å². The molecule has 2 N–H and O–H groups in total. The SMILES string of the molecule is Cc1n[nH]c(C)c1[C@H](C)N(C)C(=O)Cc1c(C)[nH]c2ccc(F)cc12. The molecule has 0 spiro atoms. The minimum atomic E-state index is -0.299. The number of carbonyl (C=O) groups is 1. The maximum atomic E-state index is 13.6. The van der Waals surface area contributed by atoms with E-state index in [1.165, 1.54) is 12.1 Å². The summed E-state index contributed by atoms with van der Waals surface area (Å²) in [5.41, 5.74) is 5.49. The first-order chi connectivity index (χ1) is 11.8. The van der Waals surface area contributed by atoms with Crippen LogP contribution in [0.5, 0.6) is 0 Å². The van der Waals surface area contributed by atoms with Crippen molar-refractivity contribution in [3.63, 3.8) is 0 Å². The number of hydrogen-bond acceptors (Lipinski definition) is 2. The summed E-state index contributed by atoms with van der Waals surface area (Å²) in [5.74, 6) is -0.313. The van der Waals surface area contributed by atoms with Crippen LogP contribution >= 0.6 is 0 Å². The van der Waals surface area contributed by atoms with Gasteiger partial charge in [0.15, 0.2) is 0 Å². The summed E-state index contributed by atoms with van der Waals surface area (Å²) >= 11 is 0. The Bertz CT molecular complexity index is 921. The predicted octanol–water partition coefficient (Wildman–Crippen LogP) is 3.72. The van der Waals surface area contributed by atoms with E-state index in [-0.39, 0.29) is 24.2 Å². The molecule has 25 heavy (non-hydrogen) atoms. The lowest BCUT2D eigenvalue weighted by atomic mass is 10.0. The number of carbonyl (C=O) groups excluding carboxylic acids is 1. The number of fused-ring (bicyclic) bond motifs is 1. The largest absolute Gasteiger partial charge is 0.358 e. The fraction of sp³-hybridized carbons (Fsp3) is 0.368. The van der Waals surface area contributed by atoms with Gasteiger partial charge in [0.05, 0.1) is 18.2 Å². The molecule has 3 rings (SSSR count). The van der Waals surface area contributed by atoms with E-state index in [4.69, 9.17) is 0 Å². The molecule has 0 radical (unpaired) electrons. The van der Waals surface area contributed by atoms with Crippen LogP contribution in [0.2, 0.25) is 0 Å². The number of nitrogens with zero attached hydrogens (tertiary/aromatic N) is 2. The number of H-pyrrole nitrogens is 2. The van der Waals surface area contributed by atoms with E-state index < -0.39 is 0 Å². The Balaban J connectivity index is 1.87. The molecule has 5 nitrogen and oxygen atoms in total. The van der Waals surface area contributed by atoms with Crippen LogP contribution in [0.3, 0.4) is 0 Å². The Kier molecular flexibility index (Phi) is 4.37. The van der Waals surface area contributed by atoms with Crippen LogP contribution in [0.25, 0.3) is 10.9 Å². The lowest BCUT2D eigenvalue weighted by Crippen LogP contribution is -2.31. The molecule has 0 bridgehead atoms. The van der Waals surface area contributed by atoms with E-state index in [2.05, 4.69) is 15.2 Å². The zero-order chi connectivity index (χ0) is 18.3. The Morgan fingerprint density at radius 1 is 1.28 bits per heavy atom. The number of amides is 1. The summed E-state index contributed by atoms with van der Waals surface area (Å²) in [5, 5.41) is 7.94. The molecule has 2 heterocycles. The molecule has 0 aliphatic rings. The second-order valence-corrected chi connectivity index (χ2v) is 6.62. The topological polar surface area (TPSA) is 64.8 Å². The van der Waals surface area contributed by atoms with Gasteiger partial charge in [0.25, 0.3) is 0 Å². The number of hydrogen-bond donors (Lipinski definition) is 2. The van der Waals surface area contributed by atoms with Gasteiger partial charge in [-0.25, -0.2) is 4.39 Å². The van der Waals surface area contributed by atoms with Crippen LogP contribution in [0.4, 0.5) is 4.39 Å².